The predicted octanol–water partition coefficient (Wildman–Crippen LogP) is 5.83. The van der Waals surface area contributed by atoms with E-state index in [0.717, 1.165) is 18.6 Å². The Kier molecular flexibility index (Phi) is 7.57. The van der Waals surface area contributed by atoms with Crippen molar-refractivity contribution in [2.45, 2.75) is 50.9 Å². The molecule has 0 radical (unpaired) electrons. The fourth-order valence-corrected chi connectivity index (χ4v) is 5.01. The number of unbranched alkanes of at least 4 members (excludes halogenated alkanes) is 3. The number of nitrogens with zero attached hydrogens (tertiary/aromatic N) is 4. The van der Waals surface area contributed by atoms with Crippen LogP contribution in [-0.2, 0) is 4.79 Å². The van der Waals surface area contributed by atoms with E-state index in [2.05, 4.69) is 38.0 Å². The minimum absolute atomic E-state index is 0.246. The molecule has 0 fully saturated rings. The largest absolute Gasteiger partial charge is 0.504 e. The van der Waals surface area contributed by atoms with E-state index in [4.69, 9.17) is 4.74 Å². The van der Waals surface area contributed by atoms with Gasteiger partial charge in [0.15, 0.2) is 17.2 Å². The molecule has 10 heteroatoms. The van der Waals surface area contributed by atoms with E-state index in [1.165, 1.54) is 42.5 Å². The second-order valence-electron chi connectivity index (χ2n) is 7.90. The third-order valence-corrected chi connectivity index (χ3v) is 6.96. The number of carbonyl (C=O) groups excluding carboxylic acids is 1. The van der Waals surface area contributed by atoms with Crippen molar-refractivity contribution < 1.29 is 19.7 Å². The lowest BCUT2D eigenvalue weighted by Gasteiger charge is -2.30. The molecule has 1 aromatic heterocycles. The number of aromatic hydroxyl groups is 2. The van der Waals surface area contributed by atoms with Gasteiger partial charge in [-0.05, 0) is 40.5 Å². The van der Waals surface area contributed by atoms with Crippen molar-refractivity contribution in [3.05, 3.63) is 46.4 Å². The Labute approximate surface area is 210 Å². The highest BCUT2D eigenvalue weighted by molar-refractivity contribution is 9.10. The average molecular weight is 545 g/mol. The summed E-state index contributed by atoms with van der Waals surface area (Å²) >= 11 is 4.77. The normalized spacial score (nSPS) is 14.7. The van der Waals surface area contributed by atoms with Crippen molar-refractivity contribution in [2.24, 2.45) is 0 Å². The van der Waals surface area contributed by atoms with Crippen molar-refractivity contribution in [3.63, 3.8) is 0 Å². The van der Waals surface area contributed by atoms with Gasteiger partial charge in [0.2, 0.25) is 23.2 Å². The maximum atomic E-state index is 12.8. The van der Waals surface area contributed by atoms with E-state index < -0.39 is 6.23 Å². The first kappa shape index (κ1) is 24.3. The van der Waals surface area contributed by atoms with Crippen LogP contribution in [0.1, 0.15) is 51.3 Å². The number of hydrogen-bond donors (Lipinski definition) is 2. The number of carbonyl (C=O) groups is 1. The quantitative estimate of drug-likeness (QED) is 0.217. The van der Waals surface area contributed by atoms with E-state index in [1.54, 1.807) is 12.1 Å². The Morgan fingerprint density at radius 2 is 1.97 bits per heavy atom. The van der Waals surface area contributed by atoms with Crippen LogP contribution in [0.4, 0.5) is 5.69 Å². The molecule has 1 aliphatic rings. The standard InChI is InChI=1S/C24H25BrN4O4S/c1-3-4-5-8-11-34-24-26-22-20(27-28-24)16-9-6-7-10-18(16)29(14(2)30)23(33-22)15-12-17(25)21(32)19(31)13-15/h6-7,9-10,12-13,23,31-32H,3-5,8,11H2,1-2H3/t23-/m0/s1. The molecule has 2 aromatic carbocycles. The SMILES string of the molecule is CCCCCCSc1nnc2c(n1)O[C@@H](c1cc(O)c(O)c(Br)c1)N(C(C)=O)c1ccccc1-2. The Morgan fingerprint density at radius 3 is 2.71 bits per heavy atom. The monoisotopic (exact) mass is 544 g/mol. The minimum Gasteiger partial charge on any atom is -0.504 e. The lowest BCUT2D eigenvalue weighted by atomic mass is 10.1. The summed E-state index contributed by atoms with van der Waals surface area (Å²) in [5, 5.41) is 29.4. The molecule has 0 aliphatic carbocycles. The van der Waals surface area contributed by atoms with E-state index in [0.29, 0.717) is 27.7 Å². The van der Waals surface area contributed by atoms with Crippen molar-refractivity contribution >= 4 is 39.3 Å². The molecule has 4 rings (SSSR count). The van der Waals surface area contributed by atoms with Crippen molar-refractivity contribution in [3.8, 4) is 28.6 Å². The average Bonchev–Trinajstić information content (AvgIpc) is 2.96. The van der Waals surface area contributed by atoms with Crippen LogP contribution in [0.25, 0.3) is 11.3 Å². The molecule has 0 saturated carbocycles. The van der Waals surface area contributed by atoms with Gasteiger partial charge in [-0.25, -0.2) is 0 Å². The third-order valence-electron chi connectivity index (χ3n) is 5.43. The molecule has 1 aliphatic heterocycles. The molecule has 0 spiro atoms. The molecule has 3 aromatic rings. The number of halogens is 1. The maximum Gasteiger partial charge on any atom is 0.247 e. The van der Waals surface area contributed by atoms with Gasteiger partial charge in [0.25, 0.3) is 0 Å². The molecule has 0 unspecified atom stereocenters. The molecular formula is C24H25BrN4O4S. The molecule has 0 bridgehead atoms. The topological polar surface area (TPSA) is 109 Å². The highest BCUT2D eigenvalue weighted by atomic mass is 79.9. The van der Waals surface area contributed by atoms with Gasteiger partial charge < -0.3 is 14.9 Å². The lowest BCUT2D eigenvalue weighted by molar-refractivity contribution is -0.118. The number of anilines is 1. The van der Waals surface area contributed by atoms with Gasteiger partial charge in [-0.15, -0.1) is 10.2 Å². The molecule has 1 atom stereocenters. The fourth-order valence-electron chi connectivity index (χ4n) is 3.77. The minimum atomic E-state index is -0.957. The predicted molar refractivity (Wildman–Crippen MR) is 134 cm³/mol. The number of thioether (sulfide) groups is 1. The van der Waals surface area contributed by atoms with Gasteiger partial charge >= 0.3 is 0 Å². The first-order chi connectivity index (χ1) is 16.4. The molecule has 178 valence electrons. The zero-order chi connectivity index (χ0) is 24.2. The summed E-state index contributed by atoms with van der Waals surface area (Å²) in [4.78, 5) is 19.0. The van der Waals surface area contributed by atoms with Crippen LogP contribution in [0.3, 0.4) is 0 Å². The summed E-state index contributed by atoms with van der Waals surface area (Å²) in [7, 11) is 0. The van der Waals surface area contributed by atoms with E-state index in [-0.39, 0.29) is 27.8 Å². The summed E-state index contributed by atoms with van der Waals surface area (Å²) in [6, 6.07) is 10.3. The van der Waals surface area contributed by atoms with Gasteiger partial charge in [-0.3, -0.25) is 9.69 Å². The molecule has 34 heavy (non-hydrogen) atoms. The molecule has 2 N–H and O–H groups in total. The molecule has 2 heterocycles. The number of rotatable bonds is 7. The second kappa shape index (κ2) is 10.6. The summed E-state index contributed by atoms with van der Waals surface area (Å²) in [6.07, 6.45) is 3.62. The number of benzene rings is 2. The van der Waals surface area contributed by atoms with Crippen LogP contribution in [0.2, 0.25) is 0 Å². The van der Waals surface area contributed by atoms with Crippen LogP contribution in [0.5, 0.6) is 17.4 Å². The van der Waals surface area contributed by atoms with Crippen LogP contribution >= 0.6 is 27.7 Å². The lowest BCUT2D eigenvalue weighted by Crippen LogP contribution is -2.36. The Balaban J connectivity index is 1.78. The van der Waals surface area contributed by atoms with Gasteiger partial charge in [-0.1, -0.05) is 56.1 Å². The first-order valence-electron chi connectivity index (χ1n) is 11.1. The van der Waals surface area contributed by atoms with Crippen LogP contribution < -0.4 is 9.64 Å². The van der Waals surface area contributed by atoms with Gasteiger partial charge in [0.1, 0.15) is 0 Å². The van der Waals surface area contributed by atoms with Crippen LogP contribution in [0.15, 0.2) is 46.0 Å². The molecule has 1 amide bonds. The second-order valence-corrected chi connectivity index (χ2v) is 9.82. The number of amides is 1. The van der Waals surface area contributed by atoms with Crippen molar-refractivity contribution in [1.29, 1.82) is 0 Å². The number of para-hydroxylation sites is 1. The number of hydrogen-bond acceptors (Lipinski definition) is 8. The van der Waals surface area contributed by atoms with Gasteiger partial charge in [0.05, 0.1) is 10.2 Å². The molecular weight excluding hydrogens is 520 g/mol. The zero-order valence-corrected chi connectivity index (χ0v) is 21.3. The van der Waals surface area contributed by atoms with Crippen molar-refractivity contribution in [2.75, 3.05) is 10.7 Å². The van der Waals surface area contributed by atoms with Gasteiger partial charge in [-0.2, -0.15) is 4.98 Å². The Morgan fingerprint density at radius 1 is 1.18 bits per heavy atom. The van der Waals surface area contributed by atoms with E-state index in [9.17, 15) is 15.0 Å². The fraction of sp³-hybridized carbons (Fsp3) is 0.333. The first-order valence-corrected chi connectivity index (χ1v) is 12.8. The smallest absolute Gasteiger partial charge is 0.247 e. The van der Waals surface area contributed by atoms with E-state index in [1.807, 2.05) is 18.2 Å². The highest BCUT2D eigenvalue weighted by Crippen LogP contribution is 2.45. The number of phenols is 2. The zero-order valence-electron chi connectivity index (χ0n) is 18.9. The number of aromatic nitrogens is 3. The van der Waals surface area contributed by atoms with Crippen LogP contribution in [0, 0.1) is 0 Å². The van der Waals surface area contributed by atoms with E-state index >= 15 is 0 Å². The third kappa shape index (κ3) is 4.97. The summed E-state index contributed by atoms with van der Waals surface area (Å²) in [5.41, 5.74) is 2.13. The maximum absolute atomic E-state index is 12.8. The number of ether oxygens (including phenoxy) is 1. The Hall–Kier alpha value is -2.85. The highest BCUT2D eigenvalue weighted by Gasteiger charge is 2.35. The summed E-state index contributed by atoms with van der Waals surface area (Å²) in [5.74, 6) is 0.221. The molecule has 0 saturated heterocycles. The van der Waals surface area contributed by atoms with Crippen molar-refractivity contribution in [1.82, 2.24) is 15.2 Å². The molecule has 8 nitrogen and oxygen atoms in total. The van der Waals surface area contributed by atoms with Crippen LogP contribution in [-0.4, -0.2) is 37.1 Å². The number of fused-ring (bicyclic) bond motifs is 3. The number of phenolic OH excluding ortho intramolecular Hbond substituents is 2. The Bertz CT molecular complexity index is 1190. The van der Waals surface area contributed by atoms with Gasteiger partial charge in [0, 0.05) is 23.8 Å². The summed E-state index contributed by atoms with van der Waals surface area (Å²) in [6.45, 7) is 3.62. The summed E-state index contributed by atoms with van der Waals surface area (Å²) < 4.78 is 6.57.